The van der Waals surface area contributed by atoms with Crippen molar-refractivity contribution < 1.29 is 9.26 Å². The molecule has 0 atom stereocenters. The molecular formula is C21H22N2O2. The summed E-state index contributed by atoms with van der Waals surface area (Å²) in [5, 5.41) is 4.19. The first-order chi connectivity index (χ1) is 12.4. The Morgan fingerprint density at radius 1 is 0.880 bits per heavy atom. The maximum atomic E-state index is 5.89. The molecule has 3 aromatic rings. The number of nitrogens with zero attached hydrogens (tertiary/aromatic N) is 2. The van der Waals surface area contributed by atoms with E-state index in [0.29, 0.717) is 6.73 Å². The Kier molecular flexibility index (Phi) is 4.79. The van der Waals surface area contributed by atoms with Crippen LogP contribution < -0.4 is 4.74 Å². The summed E-state index contributed by atoms with van der Waals surface area (Å²) in [6.07, 6.45) is 3.89. The van der Waals surface area contributed by atoms with Crippen molar-refractivity contribution in [2.75, 3.05) is 19.8 Å². The lowest BCUT2D eigenvalue weighted by atomic mass is 10.1. The fraction of sp³-hybridized carbons (Fsp3) is 0.286. The summed E-state index contributed by atoms with van der Waals surface area (Å²) >= 11 is 0. The van der Waals surface area contributed by atoms with Crippen LogP contribution in [-0.4, -0.2) is 29.9 Å². The Labute approximate surface area is 148 Å². The van der Waals surface area contributed by atoms with E-state index in [0.717, 1.165) is 41.4 Å². The lowest BCUT2D eigenvalue weighted by Gasteiger charge is -2.26. The zero-order valence-corrected chi connectivity index (χ0v) is 14.2. The van der Waals surface area contributed by atoms with Crippen LogP contribution in [0.3, 0.4) is 0 Å². The van der Waals surface area contributed by atoms with Gasteiger partial charge in [0.05, 0.1) is 0 Å². The van der Waals surface area contributed by atoms with Crippen molar-refractivity contribution in [3.63, 3.8) is 0 Å². The third-order valence-electron chi connectivity index (χ3n) is 4.58. The average molecular weight is 334 g/mol. The molecule has 2 aromatic carbocycles. The molecule has 4 nitrogen and oxygen atoms in total. The number of benzene rings is 2. The van der Waals surface area contributed by atoms with Crippen LogP contribution in [0.4, 0.5) is 0 Å². The molecule has 0 spiro atoms. The number of rotatable bonds is 5. The third kappa shape index (κ3) is 3.91. The molecule has 0 saturated carbocycles. The standard InChI is InChI=1S/C21H22N2O2/c1-3-7-18(8-4-1)21-15-20(22-25-21)17-9-11-19(12-10-17)24-16-23-13-5-2-6-14-23/h1,3-4,7-12,15H,2,5-6,13-14,16H2. The van der Waals surface area contributed by atoms with Gasteiger partial charge in [-0.3, -0.25) is 4.90 Å². The zero-order valence-electron chi connectivity index (χ0n) is 14.2. The SMILES string of the molecule is c1ccc(-c2cc(-c3ccc(OCN4CCCCC4)cc3)no2)cc1. The molecule has 0 aliphatic carbocycles. The second kappa shape index (κ2) is 7.53. The third-order valence-corrected chi connectivity index (χ3v) is 4.58. The van der Waals surface area contributed by atoms with Gasteiger partial charge in [0, 0.05) is 30.3 Å². The molecule has 0 unspecified atom stereocenters. The minimum absolute atomic E-state index is 0.668. The van der Waals surface area contributed by atoms with Crippen LogP contribution in [0, 0.1) is 0 Å². The Hall–Kier alpha value is -2.59. The van der Waals surface area contributed by atoms with Crippen LogP contribution in [0.1, 0.15) is 19.3 Å². The Balaban J connectivity index is 1.41. The lowest BCUT2D eigenvalue weighted by molar-refractivity contribution is 0.106. The molecule has 0 N–H and O–H groups in total. The van der Waals surface area contributed by atoms with Crippen molar-refractivity contribution in [2.45, 2.75) is 19.3 Å². The Morgan fingerprint density at radius 2 is 1.64 bits per heavy atom. The molecule has 128 valence electrons. The average Bonchev–Trinajstić information content (AvgIpc) is 3.19. The highest BCUT2D eigenvalue weighted by Crippen LogP contribution is 2.27. The van der Waals surface area contributed by atoms with Crippen molar-refractivity contribution in [2.24, 2.45) is 0 Å². The van der Waals surface area contributed by atoms with E-state index in [4.69, 9.17) is 9.26 Å². The maximum Gasteiger partial charge on any atom is 0.167 e. The van der Waals surface area contributed by atoms with Crippen molar-refractivity contribution in [3.05, 3.63) is 60.7 Å². The lowest BCUT2D eigenvalue weighted by Crippen LogP contribution is -2.33. The van der Waals surface area contributed by atoms with Crippen molar-refractivity contribution in [1.82, 2.24) is 10.1 Å². The molecule has 0 amide bonds. The maximum absolute atomic E-state index is 5.89. The van der Waals surface area contributed by atoms with E-state index in [9.17, 15) is 0 Å². The molecular weight excluding hydrogens is 312 g/mol. The van der Waals surface area contributed by atoms with Gasteiger partial charge >= 0.3 is 0 Å². The number of hydrogen-bond donors (Lipinski definition) is 0. The predicted octanol–water partition coefficient (Wildman–Crippen LogP) is 4.83. The van der Waals surface area contributed by atoms with Gasteiger partial charge in [-0.1, -0.05) is 41.9 Å². The molecule has 1 aliphatic rings. The number of likely N-dealkylation sites (tertiary alicyclic amines) is 1. The van der Waals surface area contributed by atoms with Crippen LogP contribution in [0.5, 0.6) is 5.75 Å². The van der Waals surface area contributed by atoms with Crippen LogP contribution in [0.2, 0.25) is 0 Å². The van der Waals surface area contributed by atoms with E-state index in [1.807, 2.05) is 60.7 Å². The summed E-state index contributed by atoms with van der Waals surface area (Å²) in [6.45, 7) is 2.94. The first kappa shape index (κ1) is 15.9. The van der Waals surface area contributed by atoms with Gasteiger partial charge in [-0.2, -0.15) is 0 Å². The molecule has 25 heavy (non-hydrogen) atoms. The second-order valence-electron chi connectivity index (χ2n) is 6.42. The van der Waals surface area contributed by atoms with Gasteiger partial charge in [-0.25, -0.2) is 0 Å². The van der Waals surface area contributed by atoms with Crippen LogP contribution >= 0.6 is 0 Å². The molecule has 1 aliphatic heterocycles. The van der Waals surface area contributed by atoms with E-state index in [2.05, 4.69) is 10.1 Å². The molecule has 2 heterocycles. The van der Waals surface area contributed by atoms with Gasteiger partial charge in [-0.15, -0.1) is 0 Å². The first-order valence-corrected chi connectivity index (χ1v) is 8.86. The number of aromatic nitrogens is 1. The molecule has 0 radical (unpaired) electrons. The van der Waals surface area contributed by atoms with E-state index in [1.54, 1.807) is 0 Å². The topological polar surface area (TPSA) is 38.5 Å². The van der Waals surface area contributed by atoms with Crippen LogP contribution in [0.15, 0.2) is 65.2 Å². The van der Waals surface area contributed by atoms with Gasteiger partial charge in [0.15, 0.2) is 5.76 Å². The highest BCUT2D eigenvalue weighted by atomic mass is 16.5. The highest BCUT2D eigenvalue weighted by molar-refractivity contribution is 5.66. The van der Waals surface area contributed by atoms with Gasteiger partial charge in [0.1, 0.15) is 18.2 Å². The second-order valence-corrected chi connectivity index (χ2v) is 6.42. The van der Waals surface area contributed by atoms with Crippen molar-refractivity contribution in [3.8, 4) is 28.3 Å². The summed E-state index contributed by atoms with van der Waals surface area (Å²) in [7, 11) is 0. The first-order valence-electron chi connectivity index (χ1n) is 8.86. The molecule has 1 aromatic heterocycles. The summed E-state index contributed by atoms with van der Waals surface area (Å²) in [5.74, 6) is 1.67. The van der Waals surface area contributed by atoms with E-state index >= 15 is 0 Å². The molecule has 4 heteroatoms. The summed E-state index contributed by atoms with van der Waals surface area (Å²) in [4.78, 5) is 2.36. The molecule has 1 saturated heterocycles. The zero-order chi connectivity index (χ0) is 16.9. The largest absolute Gasteiger partial charge is 0.478 e. The Morgan fingerprint density at radius 3 is 2.40 bits per heavy atom. The quantitative estimate of drug-likeness (QED) is 0.670. The predicted molar refractivity (Wildman–Crippen MR) is 98.3 cm³/mol. The summed E-state index contributed by atoms with van der Waals surface area (Å²) < 4.78 is 11.4. The minimum Gasteiger partial charge on any atom is -0.478 e. The van der Waals surface area contributed by atoms with Crippen molar-refractivity contribution in [1.29, 1.82) is 0 Å². The van der Waals surface area contributed by atoms with Gasteiger partial charge in [-0.05, 0) is 37.1 Å². The Bertz CT molecular complexity index is 790. The summed E-state index contributed by atoms with van der Waals surface area (Å²) in [6, 6.07) is 20.0. The fourth-order valence-corrected chi connectivity index (χ4v) is 3.13. The van der Waals surface area contributed by atoms with Gasteiger partial charge in [0.25, 0.3) is 0 Å². The molecule has 1 fully saturated rings. The number of piperidine rings is 1. The molecule has 4 rings (SSSR count). The van der Waals surface area contributed by atoms with E-state index < -0.39 is 0 Å². The summed E-state index contributed by atoms with van der Waals surface area (Å²) in [5.41, 5.74) is 2.89. The van der Waals surface area contributed by atoms with E-state index in [1.165, 1.54) is 19.3 Å². The highest BCUT2D eigenvalue weighted by Gasteiger charge is 2.11. The smallest absolute Gasteiger partial charge is 0.167 e. The van der Waals surface area contributed by atoms with Crippen LogP contribution in [-0.2, 0) is 0 Å². The molecule has 0 bridgehead atoms. The minimum atomic E-state index is 0.668. The van der Waals surface area contributed by atoms with E-state index in [-0.39, 0.29) is 0 Å². The monoisotopic (exact) mass is 334 g/mol. The van der Waals surface area contributed by atoms with Crippen LogP contribution in [0.25, 0.3) is 22.6 Å². The van der Waals surface area contributed by atoms with Gasteiger partial charge in [0.2, 0.25) is 0 Å². The van der Waals surface area contributed by atoms with Gasteiger partial charge < -0.3 is 9.26 Å². The van der Waals surface area contributed by atoms with Crippen molar-refractivity contribution >= 4 is 0 Å². The fourth-order valence-electron chi connectivity index (χ4n) is 3.13. The number of ether oxygens (including phenoxy) is 1. The number of hydrogen-bond acceptors (Lipinski definition) is 4. The normalized spacial score (nSPS) is 15.2.